The molecule has 1 atom stereocenters. The first kappa shape index (κ1) is 20.1. The van der Waals surface area contributed by atoms with E-state index >= 15 is 0 Å². The third-order valence-electron chi connectivity index (χ3n) is 4.78. The normalized spacial score (nSPS) is 20.7. The summed E-state index contributed by atoms with van der Waals surface area (Å²) in [6, 6.07) is 13.7. The van der Waals surface area contributed by atoms with E-state index in [1.165, 1.54) is 23.9 Å². The molecule has 7 heteroatoms. The third kappa shape index (κ3) is 5.04. The Hall–Kier alpha value is -2.22. The molecular formula is C22H20FNO3S2. The number of halogens is 1. The number of nitrogens with zero attached hydrogens (tertiary/aromatic N) is 1. The molecule has 29 heavy (non-hydrogen) atoms. The van der Waals surface area contributed by atoms with Crippen LogP contribution in [0.3, 0.4) is 0 Å². The van der Waals surface area contributed by atoms with Gasteiger partial charge in [0.25, 0.3) is 5.91 Å². The Labute approximate surface area is 178 Å². The van der Waals surface area contributed by atoms with Crippen molar-refractivity contribution in [2.45, 2.75) is 25.6 Å². The summed E-state index contributed by atoms with van der Waals surface area (Å²) >= 11 is 6.71. The Kier molecular flexibility index (Phi) is 6.28. The number of carbonyl (C=O) groups excluding carboxylic acids is 1. The second kappa shape index (κ2) is 9.07. The van der Waals surface area contributed by atoms with Crippen LogP contribution >= 0.6 is 24.0 Å². The summed E-state index contributed by atoms with van der Waals surface area (Å²) in [5.41, 5.74) is 1.79. The van der Waals surface area contributed by atoms with Crippen molar-refractivity contribution >= 4 is 40.3 Å². The van der Waals surface area contributed by atoms with Crippen LogP contribution in [0.4, 0.5) is 4.39 Å². The zero-order chi connectivity index (χ0) is 20.2. The van der Waals surface area contributed by atoms with E-state index in [4.69, 9.17) is 21.7 Å². The molecule has 2 aliphatic rings. The molecule has 0 spiro atoms. The zero-order valence-corrected chi connectivity index (χ0v) is 17.3. The number of hydrogen-bond acceptors (Lipinski definition) is 5. The molecule has 2 aliphatic heterocycles. The highest BCUT2D eigenvalue weighted by Crippen LogP contribution is 2.33. The van der Waals surface area contributed by atoms with Crippen LogP contribution in [0.15, 0.2) is 53.4 Å². The molecule has 2 saturated heterocycles. The van der Waals surface area contributed by atoms with Crippen LogP contribution in [-0.2, 0) is 16.1 Å². The van der Waals surface area contributed by atoms with Crippen LogP contribution in [0, 0.1) is 5.82 Å². The Morgan fingerprint density at radius 2 is 1.97 bits per heavy atom. The van der Waals surface area contributed by atoms with Gasteiger partial charge >= 0.3 is 0 Å². The Bertz CT molecular complexity index is 922. The molecule has 0 N–H and O–H groups in total. The van der Waals surface area contributed by atoms with Gasteiger partial charge < -0.3 is 9.47 Å². The summed E-state index contributed by atoms with van der Waals surface area (Å²) < 4.78 is 24.9. The van der Waals surface area contributed by atoms with Crippen molar-refractivity contribution in [3.05, 3.63) is 70.4 Å². The van der Waals surface area contributed by atoms with E-state index in [-0.39, 0.29) is 17.8 Å². The summed E-state index contributed by atoms with van der Waals surface area (Å²) in [5.74, 6) is 0.379. The molecule has 0 bridgehead atoms. The molecular weight excluding hydrogens is 409 g/mol. The van der Waals surface area contributed by atoms with Crippen LogP contribution in [0.1, 0.15) is 24.0 Å². The molecule has 0 aromatic heterocycles. The molecule has 1 amide bonds. The molecule has 0 radical (unpaired) electrons. The lowest BCUT2D eigenvalue weighted by Crippen LogP contribution is -2.35. The molecule has 2 aromatic rings. The fourth-order valence-corrected chi connectivity index (χ4v) is 4.48. The quantitative estimate of drug-likeness (QED) is 0.488. The van der Waals surface area contributed by atoms with Gasteiger partial charge in [0.2, 0.25) is 0 Å². The predicted molar refractivity (Wildman–Crippen MR) is 116 cm³/mol. The standard InChI is InChI=1S/C22H20FNO3S2/c23-17-7-3-16(4-8-17)14-27-18-9-5-15(6-10-18)12-20-21(25)24(22(28)29-20)13-19-2-1-11-26-19/h3-10,12,19H,1-2,11,13-14H2/b20-12-/t19-/m1/s1. The van der Waals surface area contributed by atoms with Gasteiger partial charge in [0.05, 0.1) is 17.6 Å². The maximum absolute atomic E-state index is 12.9. The maximum Gasteiger partial charge on any atom is 0.266 e. The van der Waals surface area contributed by atoms with Crippen molar-refractivity contribution in [1.29, 1.82) is 0 Å². The second-order valence-corrected chi connectivity index (χ2v) is 8.59. The van der Waals surface area contributed by atoms with E-state index in [2.05, 4.69) is 0 Å². The Morgan fingerprint density at radius 3 is 2.66 bits per heavy atom. The van der Waals surface area contributed by atoms with Gasteiger partial charge in [0.1, 0.15) is 22.5 Å². The molecule has 4 nitrogen and oxygen atoms in total. The molecule has 150 valence electrons. The van der Waals surface area contributed by atoms with Crippen molar-refractivity contribution in [2.24, 2.45) is 0 Å². The van der Waals surface area contributed by atoms with Crippen molar-refractivity contribution in [3.63, 3.8) is 0 Å². The number of thioether (sulfide) groups is 1. The van der Waals surface area contributed by atoms with Crippen molar-refractivity contribution < 1.29 is 18.7 Å². The first-order valence-corrected chi connectivity index (χ1v) is 10.7. The van der Waals surface area contributed by atoms with E-state index < -0.39 is 0 Å². The minimum absolute atomic E-state index is 0.0628. The van der Waals surface area contributed by atoms with Crippen LogP contribution < -0.4 is 4.74 Å². The lowest BCUT2D eigenvalue weighted by molar-refractivity contribution is -0.123. The number of hydrogen-bond donors (Lipinski definition) is 0. The molecule has 0 unspecified atom stereocenters. The van der Waals surface area contributed by atoms with Gasteiger partial charge in [-0.2, -0.15) is 0 Å². The Balaban J connectivity index is 1.37. The van der Waals surface area contributed by atoms with Gasteiger partial charge in [-0.25, -0.2) is 4.39 Å². The van der Waals surface area contributed by atoms with Gasteiger partial charge in [-0.15, -0.1) is 0 Å². The monoisotopic (exact) mass is 429 g/mol. The van der Waals surface area contributed by atoms with E-state index in [1.54, 1.807) is 17.0 Å². The van der Waals surface area contributed by atoms with Crippen LogP contribution in [0.2, 0.25) is 0 Å². The number of amides is 1. The number of ether oxygens (including phenoxy) is 2. The summed E-state index contributed by atoms with van der Waals surface area (Å²) in [4.78, 5) is 15.0. The third-order valence-corrected chi connectivity index (χ3v) is 6.16. The fourth-order valence-electron chi connectivity index (χ4n) is 3.21. The smallest absolute Gasteiger partial charge is 0.266 e. The second-order valence-electron chi connectivity index (χ2n) is 6.91. The first-order valence-electron chi connectivity index (χ1n) is 9.43. The lowest BCUT2D eigenvalue weighted by atomic mass is 10.2. The highest BCUT2D eigenvalue weighted by atomic mass is 32.2. The van der Waals surface area contributed by atoms with Crippen LogP contribution in [0.25, 0.3) is 6.08 Å². The average molecular weight is 430 g/mol. The molecule has 4 rings (SSSR count). The number of benzene rings is 2. The van der Waals surface area contributed by atoms with Crippen LogP contribution in [0.5, 0.6) is 5.75 Å². The zero-order valence-electron chi connectivity index (χ0n) is 15.7. The molecule has 2 heterocycles. The molecule has 0 saturated carbocycles. The summed E-state index contributed by atoms with van der Waals surface area (Å²) in [6.45, 7) is 1.64. The van der Waals surface area contributed by atoms with E-state index in [1.807, 2.05) is 30.3 Å². The minimum atomic E-state index is -0.265. The van der Waals surface area contributed by atoms with Gasteiger partial charge in [-0.1, -0.05) is 48.2 Å². The fraction of sp³-hybridized carbons (Fsp3) is 0.273. The van der Waals surface area contributed by atoms with Crippen molar-refractivity contribution in [3.8, 4) is 5.75 Å². The SMILES string of the molecule is O=C1/C(=C/c2ccc(OCc3ccc(F)cc3)cc2)SC(=S)N1C[C@H]1CCCO1. The molecule has 0 aliphatic carbocycles. The first-order chi connectivity index (χ1) is 14.1. The summed E-state index contributed by atoms with van der Waals surface area (Å²) in [7, 11) is 0. The highest BCUT2D eigenvalue weighted by Gasteiger charge is 2.34. The maximum atomic E-state index is 12.9. The van der Waals surface area contributed by atoms with E-state index in [0.717, 1.165) is 30.6 Å². The summed E-state index contributed by atoms with van der Waals surface area (Å²) in [5, 5.41) is 0. The van der Waals surface area contributed by atoms with Gasteiger partial charge in [-0.3, -0.25) is 9.69 Å². The van der Waals surface area contributed by atoms with Gasteiger partial charge in [-0.05, 0) is 54.3 Å². The largest absolute Gasteiger partial charge is 0.489 e. The van der Waals surface area contributed by atoms with Crippen molar-refractivity contribution in [1.82, 2.24) is 4.90 Å². The lowest BCUT2D eigenvalue weighted by Gasteiger charge is -2.18. The molecule has 2 fully saturated rings. The number of rotatable bonds is 6. The number of thiocarbonyl (C=S) groups is 1. The Morgan fingerprint density at radius 1 is 1.21 bits per heavy atom. The van der Waals surface area contributed by atoms with Crippen molar-refractivity contribution in [2.75, 3.05) is 13.2 Å². The number of carbonyl (C=O) groups is 1. The summed E-state index contributed by atoms with van der Waals surface area (Å²) in [6.07, 6.45) is 3.92. The highest BCUT2D eigenvalue weighted by molar-refractivity contribution is 8.26. The average Bonchev–Trinajstić information content (AvgIpc) is 3.33. The predicted octanol–water partition coefficient (Wildman–Crippen LogP) is 4.78. The van der Waals surface area contributed by atoms with Gasteiger partial charge in [0.15, 0.2) is 0 Å². The van der Waals surface area contributed by atoms with Gasteiger partial charge in [0, 0.05) is 6.61 Å². The topological polar surface area (TPSA) is 38.8 Å². The van der Waals surface area contributed by atoms with E-state index in [0.29, 0.717) is 28.1 Å². The minimum Gasteiger partial charge on any atom is -0.489 e. The van der Waals surface area contributed by atoms with Crippen LogP contribution in [-0.4, -0.2) is 34.4 Å². The molecule has 2 aromatic carbocycles. The van der Waals surface area contributed by atoms with E-state index in [9.17, 15) is 9.18 Å².